The third-order valence-electron chi connectivity index (χ3n) is 2.57. The van der Waals surface area contributed by atoms with Gasteiger partial charge in [-0.2, -0.15) is 5.10 Å². The van der Waals surface area contributed by atoms with Gasteiger partial charge in [0.25, 0.3) is 5.91 Å². The molecule has 0 spiro atoms. The minimum atomic E-state index is -0.459. The molecule has 2 N–H and O–H groups in total. The number of hydrazone groups is 1. The van der Waals surface area contributed by atoms with Crippen LogP contribution in [0.15, 0.2) is 33.8 Å². The van der Waals surface area contributed by atoms with Crippen molar-refractivity contribution >= 4 is 34.0 Å². The molecule has 1 fully saturated rings. The second-order valence-electron chi connectivity index (χ2n) is 3.94. The summed E-state index contributed by atoms with van der Waals surface area (Å²) in [6.45, 7) is 0. The minimum Gasteiger partial charge on any atom is -0.344 e. The van der Waals surface area contributed by atoms with Crippen LogP contribution in [0.2, 0.25) is 0 Å². The Kier molecular flexibility index (Phi) is 4.09. The molecule has 1 unspecified atom stereocenters. The van der Waals surface area contributed by atoms with E-state index in [1.807, 2.05) is 24.3 Å². The summed E-state index contributed by atoms with van der Waals surface area (Å²) in [6.07, 6.45) is 2.48. The SMILES string of the molecule is O=C1CCC(C(=O)N/N=C/c2ccc(Br)cc2)N1. The predicted octanol–water partition coefficient (Wildman–Crippen LogP) is 1.18. The number of carbonyl (C=O) groups is 2. The zero-order chi connectivity index (χ0) is 13.0. The standard InChI is InChI=1S/C12H12BrN3O2/c13-9-3-1-8(2-4-9)7-14-16-12(18)10-5-6-11(17)15-10/h1-4,7,10H,5-6H2,(H,15,17)(H,16,18)/b14-7+. The zero-order valence-electron chi connectivity index (χ0n) is 9.52. The summed E-state index contributed by atoms with van der Waals surface area (Å²) in [5.74, 6) is -0.374. The number of nitrogens with one attached hydrogen (secondary N) is 2. The zero-order valence-corrected chi connectivity index (χ0v) is 11.1. The van der Waals surface area contributed by atoms with Crippen molar-refractivity contribution in [2.24, 2.45) is 5.10 Å². The van der Waals surface area contributed by atoms with E-state index in [4.69, 9.17) is 0 Å². The molecule has 94 valence electrons. The Labute approximate surface area is 113 Å². The van der Waals surface area contributed by atoms with Gasteiger partial charge in [-0.05, 0) is 24.1 Å². The van der Waals surface area contributed by atoms with Gasteiger partial charge in [0.2, 0.25) is 5.91 Å². The Morgan fingerprint density at radius 3 is 2.78 bits per heavy atom. The van der Waals surface area contributed by atoms with E-state index in [0.29, 0.717) is 12.8 Å². The molecule has 2 rings (SSSR count). The van der Waals surface area contributed by atoms with Crippen molar-refractivity contribution in [2.75, 3.05) is 0 Å². The number of rotatable bonds is 3. The van der Waals surface area contributed by atoms with Crippen molar-refractivity contribution in [3.05, 3.63) is 34.3 Å². The summed E-state index contributed by atoms with van der Waals surface area (Å²) in [7, 11) is 0. The Morgan fingerprint density at radius 1 is 1.44 bits per heavy atom. The van der Waals surface area contributed by atoms with E-state index in [-0.39, 0.29) is 11.8 Å². The summed E-state index contributed by atoms with van der Waals surface area (Å²) in [5, 5.41) is 6.43. The quantitative estimate of drug-likeness (QED) is 0.650. The van der Waals surface area contributed by atoms with Crippen LogP contribution in [-0.2, 0) is 9.59 Å². The van der Waals surface area contributed by atoms with E-state index >= 15 is 0 Å². The minimum absolute atomic E-state index is 0.0907. The topological polar surface area (TPSA) is 70.6 Å². The van der Waals surface area contributed by atoms with Crippen LogP contribution in [0.5, 0.6) is 0 Å². The van der Waals surface area contributed by atoms with Gasteiger partial charge in [-0.1, -0.05) is 28.1 Å². The van der Waals surface area contributed by atoms with Gasteiger partial charge in [-0.25, -0.2) is 5.43 Å². The van der Waals surface area contributed by atoms with Gasteiger partial charge in [0.1, 0.15) is 6.04 Å². The number of nitrogens with zero attached hydrogens (tertiary/aromatic N) is 1. The normalized spacial score (nSPS) is 18.9. The first-order valence-corrected chi connectivity index (χ1v) is 6.32. The third kappa shape index (κ3) is 3.40. The number of amides is 2. The molecule has 0 radical (unpaired) electrons. The van der Waals surface area contributed by atoms with Crippen molar-refractivity contribution in [3.8, 4) is 0 Å². The maximum absolute atomic E-state index is 11.6. The lowest BCUT2D eigenvalue weighted by Crippen LogP contribution is -2.39. The second-order valence-corrected chi connectivity index (χ2v) is 4.86. The van der Waals surface area contributed by atoms with Crippen LogP contribution in [0.4, 0.5) is 0 Å². The lowest BCUT2D eigenvalue weighted by molar-refractivity contribution is -0.125. The second kappa shape index (κ2) is 5.77. The van der Waals surface area contributed by atoms with Gasteiger partial charge >= 0.3 is 0 Å². The fourth-order valence-corrected chi connectivity index (χ4v) is 1.87. The molecule has 2 amide bonds. The highest BCUT2D eigenvalue weighted by molar-refractivity contribution is 9.10. The van der Waals surface area contributed by atoms with E-state index in [0.717, 1.165) is 10.0 Å². The first-order chi connectivity index (χ1) is 8.65. The van der Waals surface area contributed by atoms with Crippen molar-refractivity contribution in [1.82, 2.24) is 10.7 Å². The van der Waals surface area contributed by atoms with Gasteiger partial charge in [-0.15, -0.1) is 0 Å². The molecule has 1 aliphatic rings. The first kappa shape index (κ1) is 12.8. The number of carbonyl (C=O) groups excluding carboxylic acids is 2. The van der Waals surface area contributed by atoms with Crippen molar-refractivity contribution < 1.29 is 9.59 Å². The van der Waals surface area contributed by atoms with E-state index in [1.54, 1.807) is 6.21 Å². The summed E-state index contributed by atoms with van der Waals surface area (Å²) in [5.41, 5.74) is 3.30. The van der Waals surface area contributed by atoms with Crippen molar-refractivity contribution in [2.45, 2.75) is 18.9 Å². The molecule has 1 aliphatic heterocycles. The highest BCUT2D eigenvalue weighted by Crippen LogP contribution is 2.09. The molecular formula is C12H12BrN3O2. The van der Waals surface area contributed by atoms with E-state index in [2.05, 4.69) is 31.8 Å². The molecule has 18 heavy (non-hydrogen) atoms. The van der Waals surface area contributed by atoms with Crippen LogP contribution in [0.25, 0.3) is 0 Å². The Morgan fingerprint density at radius 2 is 2.17 bits per heavy atom. The lowest BCUT2D eigenvalue weighted by Gasteiger charge is -2.06. The van der Waals surface area contributed by atoms with E-state index < -0.39 is 6.04 Å². The summed E-state index contributed by atoms with van der Waals surface area (Å²) >= 11 is 3.33. The maximum atomic E-state index is 11.6. The van der Waals surface area contributed by atoms with Gasteiger partial charge in [-0.3, -0.25) is 9.59 Å². The summed E-state index contributed by atoms with van der Waals surface area (Å²) < 4.78 is 0.984. The van der Waals surface area contributed by atoms with E-state index in [1.165, 1.54) is 0 Å². The fraction of sp³-hybridized carbons (Fsp3) is 0.250. The van der Waals surface area contributed by atoms with Crippen LogP contribution < -0.4 is 10.7 Å². The Balaban J connectivity index is 1.85. The molecule has 1 atom stereocenters. The maximum Gasteiger partial charge on any atom is 0.262 e. The summed E-state index contributed by atoms with van der Waals surface area (Å²) in [4.78, 5) is 22.5. The van der Waals surface area contributed by atoms with Gasteiger partial charge in [0.05, 0.1) is 6.21 Å². The molecule has 1 aromatic carbocycles. The van der Waals surface area contributed by atoms with Crippen LogP contribution in [-0.4, -0.2) is 24.1 Å². The van der Waals surface area contributed by atoms with Crippen molar-refractivity contribution in [3.63, 3.8) is 0 Å². The van der Waals surface area contributed by atoms with Crippen LogP contribution in [0.1, 0.15) is 18.4 Å². The third-order valence-corrected chi connectivity index (χ3v) is 3.10. The average Bonchev–Trinajstić information content (AvgIpc) is 2.78. The van der Waals surface area contributed by atoms with Crippen molar-refractivity contribution in [1.29, 1.82) is 0 Å². The van der Waals surface area contributed by atoms with Gasteiger partial charge in [0.15, 0.2) is 0 Å². The molecule has 5 nitrogen and oxygen atoms in total. The summed E-state index contributed by atoms with van der Waals surface area (Å²) in [6, 6.07) is 7.06. The molecule has 1 heterocycles. The molecular weight excluding hydrogens is 298 g/mol. The number of hydrogen-bond acceptors (Lipinski definition) is 3. The number of hydrogen-bond donors (Lipinski definition) is 2. The highest BCUT2D eigenvalue weighted by Gasteiger charge is 2.26. The monoisotopic (exact) mass is 309 g/mol. The Hall–Kier alpha value is -1.69. The smallest absolute Gasteiger partial charge is 0.262 e. The van der Waals surface area contributed by atoms with Crippen LogP contribution in [0, 0.1) is 0 Å². The number of benzene rings is 1. The molecule has 1 aromatic rings. The molecule has 1 saturated heterocycles. The van der Waals surface area contributed by atoms with Gasteiger partial charge in [0, 0.05) is 10.9 Å². The van der Waals surface area contributed by atoms with Crippen LogP contribution in [0.3, 0.4) is 0 Å². The van der Waals surface area contributed by atoms with Gasteiger partial charge < -0.3 is 5.32 Å². The lowest BCUT2D eigenvalue weighted by atomic mass is 10.2. The molecule has 0 aliphatic carbocycles. The van der Waals surface area contributed by atoms with Crippen LogP contribution >= 0.6 is 15.9 Å². The first-order valence-electron chi connectivity index (χ1n) is 5.53. The highest BCUT2D eigenvalue weighted by atomic mass is 79.9. The predicted molar refractivity (Wildman–Crippen MR) is 71.0 cm³/mol. The molecule has 0 aromatic heterocycles. The average molecular weight is 310 g/mol. The molecule has 0 saturated carbocycles. The molecule has 6 heteroatoms. The largest absolute Gasteiger partial charge is 0.344 e. The Bertz CT molecular complexity index is 485. The van der Waals surface area contributed by atoms with E-state index in [9.17, 15) is 9.59 Å². The number of halogens is 1. The fourth-order valence-electron chi connectivity index (χ4n) is 1.61. The molecule has 0 bridgehead atoms.